The highest BCUT2D eigenvalue weighted by Gasteiger charge is 2.06. The summed E-state index contributed by atoms with van der Waals surface area (Å²) in [5.74, 6) is -2.16. The molecule has 0 radical (unpaired) electrons. The van der Waals surface area contributed by atoms with Crippen LogP contribution in [0.25, 0.3) is 0 Å². The fourth-order valence-corrected chi connectivity index (χ4v) is 0.824. The first kappa shape index (κ1) is 12.5. The Morgan fingerprint density at radius 2 is 2.00 bits per heavy atom. The lowest BCUT2D eigenvalue weighted by Gasteiger charge is -2.05. The second-order valence-electron chi connectivity index (χ2n) is 2.80. The number of carbonyl (C=O) groups is 2. The molecular weight excluding hydrogens is 186 g/mol. The number of hydrogen-bond donors (Lipinski definition) is 3. The molecule has 0 aliphatic carbocycles. The molecule has 0 rings (SSSR count). The quantitative estimate of drug-likeness (QED) is 0.419. The molecule has 0 spiro atoms. The van der Waals surface area contributed by atoms with Crippen LogP contribution in [0, 0.1) is 0 Å². The van der Waals surface area contributed by atoms with Gasteiger partial charge in [0.25, 0.3) is 0 Å². The summed E-state index contributed by atoms with van der Waals surface area (Å²) in [7, 11) is 0. The Labute approximate surface area is 82.4 Å². The van der Waals surface area contributed by atoms with Crippen LogP contribution >= 0.6 is 0 Å². The molecular formula is C9H15NO4. The Morgan fingerprint density at radius 3 is 2.43 bits per heavy atom. The number of unbranched alkanes of at least 4 members (excludes halogenated alkanes) is 1. The van der Waals surface area contributed by atoms with Gasteiger partial charge in [0.15, 0.2) is 0 Å². The zero-order chi connectivity index (χ0) is 11.0. The van der Waals surface area contributed by atoms with Crippen LogP contribution in [0.4, 0.5) is 0 Å². The Bertz CT molecular complexity index is 235. The zero-order valence-electron chi connectivity index (χ0n) is 8.12. The van der Waals surface area contributed by atoms with Gasteiger partial charge in [-0.2, -0.15) is 0 Å². The second-order valence-corrected chi connectivity index (χ2v) is 2.80. The van der Waals surface area contributed by atoms with Crippen molar-refractivity contribution in [1.82, 2.24) is 5.32 Å². The predicted molar refractivity (Wildman–Crippen MR) is 50.9 cm³/mol. The summed E-state index contributed by atoms with van der Waals surface area (Å²) in [6.07, 6.45) is 2.71. The summed E-state index contributed by atoms with van der Waals surface area (Å²) in [5.41, 5.74) is -0.0409. The van der Waals surface area contributed by atoms with Gasteiger partial charge >= 0.3 is 11.9 Å². The second kappa shape index (κ2) is 6.94. The number of aliphatic carboxylic acids is 2. The van der Waals surface area contributed by atoms with Crippen LogP contribution in [0.3, 0.4) is 0 Å². The van der Waals surface area contributed by atoms with Crippen molar-refractivity contribution in [2.75, 3.05) is 6.54 Å². The third-order valence-corrected chi connectivity index (χ3v) is 1.56. The van der Waals surface area contributed by atoms with Crippen molar-refractivity contribution in [3.63, 3.8) is 0 Å². The normalized spacial score (nSPS) is 11.1. The van der Waals surface area contributed by atoms with Crippen molar-refractivity contribution in [3.05, 3.63) is 11.8 Å². The van der Waals surface area contributed by atoms with E-state index in [9.17, 15) is 9.59 Å². The molecule has 0 aromatic carbocycles. The minimum Gasteiger partial charge on any atom is -0.481 e. The van der Waals surface area contributed by atoms with E-state index in [4.69, 9.17) is 10.2 Å². The van der Waals surface area contributed by atoms with Gasteiger partial charge in [0, 0.05) is 6.54 Å². The smallest absolute Gasteiger partial charge is 0.351 e. The minimum absolute atomic E-state index is 0.0409. The fraction of sp³-hybridized carbons (Fsp3) is 0.556. The summed E-state index contributed by atoms with van der Waals surface area (Å²) in [6, 6.07) is 0. The highest BCUT2D eigenvalue weighted by molar-refractivity contribution is 5.86. The van der Waals surface area contributed by atoms with E-state index >= 15 is 0 Å². The van der Waals surface area contributed by atoms with Crippen LogP contribution in [0.1, 0.15) is 26.2 Å². The van der Waals surface area contributed by atoms with Crippen LogP contribution < -0.4 is 5.32 Å². The van der Waals surface area contributed by atoms with E-state index in [0.717, 1.165) is 12.8 Å². The maximum atomic E-state index is 10.6. The molecule has 0 heterocycles. The molecule has 0 aromatic rings. The number of rotatable bonds is 7. The fourth-order valence-electron chi connectivity index (χ4n) is 0.824. The lowest BCUT2D eigenvalue weighted by atomic mass is 10.3. The van der Waals surface area contributed by atoms with Crippen LogP contribution in [-0.2, 0) is 9.59 Å². The molecule has 5 nitrogen and oxygen atoms in total. The van der Waals surface area contributed by atoms with Crippen molar-refractivity contribution in [3.8, 4) is 0 Å². The van der Waals surface area contributed by atoms with Gasteiger partial charge in [0.2, 0.25) is 0 Å². The summed E-state index contributed by atoms with van der Waals surface area (Å²) in [5, 5.41) is 19.7. The van der Waals surface area contributed by atoms with Crippen LogP contribution in [0.5, 0.6) is 0 Å². The zero-order valence-corrected chi connectivity index (χ0v) is 8.12. The lowest BCUT2D eigenvalue weighted by molar-refractivity contribution is -0.136. The van der Waals surface area contributed by atoms with E-state index in [1.165, 1.54) is 6.08 Å². The molecule has 5 heteroatoms. The van der Waals surface area contributed by atoms with Crippen molar-refractivity contribution >= 4 is 11.9 Å². The third-order valence-electron chi connectivity index (χ3n) is 1.56. The van der Waals surface area contributed by atoms with E-state index in [0.29, 0.717) is 6.54 Å². The van der Waals surface area contributed by atoms with Gasteiger partial charge in [0.1, 0.15) is 5.70 Å². The number of carboxylic acids is 2. The molecule has 0 bridgehead atoms. The molecule has 0 aliphatic rings. The largest absolute Gasteiger partial charge is 0.481 e. The summed E-state index contributed by atoms with van der Waals surface area (Å²) in [6.45, 7) is 2.54. The van der Waals surface area contributed by atoms with Crippen LogP contribution in [0.15, 0.2) is 11.8 Å². The SMILES string of the molecule is CCCCN/C(=C\CC(=O)O)C(=O)O. The van der Waals surface area contributed by atoms with E-state index in [1.807, 2.05) is 6.92 Å². The maximum absolute atomic E-state index is 10.6. The maximum Gasteiger partial charge on any atom is 0.351 e. The average molecular weight is 201 g/mol. The van der Waals surface area contributed by atoms with Gasteiger partial charge in [-0.05, 0) is 12.5 Å². The molecule has 0 saturated heterocycles. The molecule has 0 unspecified atom stereocenters. The van der Waals surface area contributed by atoms with Gasteiger partial charge in [-0.1, -0.05) is 13.3 Å². The Morgan fingerprint density at radius 1 is 1.36 bits per heavy atom. The van der Waals surface area contributed by atoms with Gasteiger partial charge in [0.05, 0.1) is 6.42 Å². The number of hydrogen-bond acceptors (Lipinski definition) is 3. The molecule has 80 valence electrons. The monoisotopic (exact) mass is 201 g/mol. The topological polar surface area (TPSA) is 86.6 Å². The minimum atomic E-state index is -1.12. The third kappa shape index (κ3) is 6.05. The summed E-state index contributed by atoms with van der Waals surface area (Å²) in [4.78, 5) is 20.8. The van der Waals surface area contributed by atoms with Crippen molar-refractivity contribution in [1.29, 1.82) is 0 Å². The first-order valence-corrected chi connectivity index (χ1v) is 4.47. The lowest BCUT2D eigenvalue weighted by Crippen LogP contribution is -2.21. The van der Waals surface area contributed by atoms with Gasteiger partial charge in [-0.3, -0.25) is 4.79 Å². The Kier molecular flexibility index (Phi) is 6.19. The highest BCUT2D eigenvalue weighted by Crippen LogP contribution is 1.94. The molecule has 14 heavy (non-hydrogen) atoms. The standard InChI is InChI=1S/C9H15NO4/c1-2-3-6-10-7(9(13)14)4-5-8(11)12/h4,10H,2-3,5-6H2,1H3,(H,11,12)(H,13,14)/b7-4-. The van der Waals surface area contributed by atoms with E-state index in [-0.39, 0.29) is 12.1 Å². The molecule has 0 aromatic heterocycles. The first-order chi connectivity index (χ1) is 6.57. The molecule has 0 fully saturated rings. The van der Waals surface area contributed by atoms with E-state index in [1.54, 1.807) is 0 Å². The molecule has 0 amide bonds. The summed E-state index contributed by atoms with van der Waals surface area (Å²) >= 11 is 0. The molecule has 3 N–H and O–H groups in total. The van der Waals surface area contributed by atoms with Gasteiger partial charge in [-0.15, -0.1) is 0 Å². The molecule has 0 saturated carbocycles. The molecule has 0 aliphatic heterocycles. The predicted octanol–water partition coefficient (Wildman–Crippen LogP) is 0.819. The van der Waals surface area contributed by atoms with Crippen LogP contribution in [0.2, 0.25) is 0 Å². The van der Waals surface area contributed by atoms with Gasteiger partial charge in [-0.25, -0.2) is 4.79 Å². The average Bonchev–Trinajstić information content (AvgIpc) is 2.10. The number of carboxylic acid groups (broad SMARTS) is 2. The van der Waals surface area contributed by atoms with Crippen molar-refractivity contribution < 1.29 is 19.8 Å². The Balaban J connectivity index is 4.08. The summed E-state index contributed by atoms with van der Waals surface area (Å²) < 4.78 is 0. The van der Waals surface area contributed by atoms with E-state index < -0.39 is 11.9 Å². The number of nitrogens with one attached hydrogen (secondary N) is 1. The van der Waals surface area contributed by atoms with Crippen LogP contribution in [-0.4, -0.2) is 28.7 Å². The Hall–Kier alpha value is -1.52. The highest BCUT2D eigenvalue weighted by atomic mass is 16.4. The first-order valence-electron chi connectivity index (χ1n) is 4.47. The van der Waals surface area contributed by atoms with E-state index in [2.05, 4.69) is 5.32 Å². The van der Waals surface area contributed by atoms with Crippen molar-refractivity contribution in [2.24, 2.45) is 0 Å². The van der Waals surface area contributed by atoms with Gasteiger partial charge < -0.3 is 15.5 Å². The molecule has 0 atom stereocenters. The van der Waals surface area contributed by atoms with Crippen molar-refractivity contribution in [2.45, 2.75) is 26.2 Å².